The second-order valence-corrected chi connectivity index (χ2v) is 5.47. The molecule has 1 aromatic carbocycles. The molecular weight excluding hydrogens is 336 g/mol. The number of amides is 1. The van der Waals surface area contributed by atoms with E-state index in [0.717, 1.165) is 11.6 Å². The van der Waals surface area contributed by atoms with Crippen molar-refractivity contribution in [3.8, 4) is 0 Å². The van der Waals surface area contributed by atoms with E-state index < -0.39 is 10.8 Å². The fraction of sp³-hybridized carbons (Fsp3) is 0.133. The summed E-state index contributed by atoms with van der Waals surface area (Å²) >= 11 is 5.97. The van der Waals surface area contributed by atoms with Gasteiger partial charge in [0.15, 0.2) is 0 Å². The Labute approximate surface area is 140 Å². The number of carbonyl (C=O) groups is 1. The molecule has 122 valence electrons. The molecule has 1 N–H and O–H groups in total. The molecule has 0 radical (unpaired) electrons. The second-order valence-electron chi connectivity index (χ2n) is 5.06. The van der Waals surface area contributed by atoms with Crippen molar-refractivity contribution in [3.63, 3.8) is 0 Å². The molecule has 3 rings (SSSR count). The van der Waals surface area contributed by atoms with Crippen LogP contribution in [0.3, 0.4) is 0 Å². The lowest BCUT2D eigenvalue weighted by molar-refractivity contribution is -0.384. The molecule has 1 amide bonds. The number of hydrogen-bond acceptors (Lipinski definition) is 6. The molecule has 0 atom stereocenters. The van der Waals surface area contributed by atoms with Gasteiger partial charge < -0.3 is 9.73 Å². The lowest BCUT2D eigenvalue weighted by Gasteiger charge is -2.07. The fourth-order valence-corrected chi connectivity index (χ4v) is 2.51. The standard InChI is InChI=1S/C15H11ClN4O4/c1-7-8(2)24-15-12(7)13(17-6-18-15)19-14(21)10-4-3-9(20(22)23)5-11(10)16/h3-6H,1-2H3,(H,17,18,19,21). The maximum atomic E-state index is 12.4. The lowest BCUT2D eigenvalue weighted by atomic mass is 10.1. The number of fused-ring (bicyclic) bond motifs is 1. The maximum absolute atomic E-state index is 12.4. The van der Waals surface area contributed by atoms with E-state index in [2.05, 4.69) is 15.3 Å². The summed E-state index contributed by atoms with van der Waals surface area (Å²) in [5.41, 5.74) is 1.09. The van der Waals surface area contributed by atoms with Gasteiger partial charge in [-0.15, -0.1) is 0 Å². The SMILES string of the molecule is Cc1oc2ncnc(NC(=O)c3ccc([N+](=O)[O-])cc3Cl)c2c1C. The minimum atomic E-state index is -0.584. The van der Waals surface area contributed by atoms with Crippen LogP contribution in [-0.2, 0) is 0 Å². The summed E-state index contributed by atoms with van der Waals surface area (Å²) in [5.74, 6) is 0.427. The van der Waals surface area contributed by atoms with Crippen LogP contribution in [0.25, 0.3) is 11.1 Å². The number of hydrogen-bond donors (Lipinski definition) is 1. The zero-order valence-electron chi connectivity index (χ0n) is 12.7. The molecule has 0 aliphatic rings. The summed E-state index contributed by atoms with van der Waals surface area (Å²) in [6.07, 6.45) is 1.28. The van der Waals surface area contributed by atoms with Gasteiger partial charge in [-0.1, -0.05) is 11.6 Å². The molecule has 0 saturated carbocycles. The fourth-order valence-electron chi connectivity index (χ4n) is 2.25. The van der Waals surface area contributed by atoms with E-state index in [0.29, 0.717) is 16.9 Å². The minimum absolute atomic E-state index is 0.0212. The third-order valence-electron chi connectivity index (χ3n) is 3.61. The van der Waals surface area contributed by atoms with Crippen LogP contribution in [0.2, 0.25) is 5.02 Å². The first-order valence-corrected chi connectivity index (χ1v) is 7.22. The number of carbonyl (C=O) groups excluding carboxylic acids is 1. The van der Waals surface area contributed by atoms with E-state index in [-0.39, 0.29) is 22.1 Å². The van der Waals surface area contributed by atoms with Gasteiger partial charge in [0.1, 0.15) is 17.9 Å². The molecule has 2 heterocycles. The molecule has 2 aromatic heterocycles. The molecular formula is C15H11ClN4O4. The normalized spacial score (nSPS) is 10.8. The van der Waals surface area contributed by atoms with Crippen LogP contribution >= 0.6 is 11.6 Å². The topological polar surface area (TPSA) is 111 Å². The Hall–Kier alpha value is -3.00. The van der Waals surface area contributed by atoms with Gasteiger partial charge in [0.05, 0.1) is 20.9 Å². The van der Waals surface area contributed by atoms with Crippen molar-refractivity contribution in [2.75, 3.05) is 5.32 Å². The van der Waals surface area contributed by atoms with Crippen molar-refractivity contribution in [1.82, 2.24) is 9.97 Å². The van der Waals surface area contributed by atoms with Gasteiger partial charge in [-0.25, -0.2) is 9.97 Å². The van der Waals surface area contributed by atoms with Crippen molar-refractivity contribution >= 4 is 40.1 Å². The van der Waals surface area contributed by atoms with Crippen molar-refractivity contribution < 1.29 is 14.1 Å². The Morgan fingerprint density at radius 1 is 1.33 bits per heavy atom. The quantitative estimate of drug-likeness (QED) is 0.572. The van der Waals surface area contributed by atoms with Crippen LogP contribution < -0.4 is 5.32 Å². The smallest absolute Gasteiger partial charge is 0.270 e. The Morgan fingerprint density at radius 2 is 2.08 bits per heavy atom. The van der Waals surface area contributed by atoms with Crippen LogP contribution in [0.1, 0.15) is 21.7 Å². The van der Waals surface area contributed by atoms with Crippen molar-refractivity contribution in [1.29, 1.82) is 0 Å². The predicted octanol–water partition coefficient (Wildman–Crippen LogP) is 3.65. The maximum Gasteiger partial charge on any atom is 0.270 e. The highest BCUT2D eigenvalue weighted by Gasteiger charge is 2.19. The predicted molar refractivity (Wildman–Crippen MR) is 87.3 cm³/mol. The number of anilines is 1. The number of nitrogens with zero attached hydrogens (tertiary/aromatic N) is 3. The van der Waals surface area contributed by atoms with E-state index in [1.807, 2.05) is 6.92 Å². The molecule has 8 nitrogen and oxygen atoms in total. The monoisotopic (exact) mass is 346 g/mol. The molecule has 0 aliphatic carbocycles. The number of aryl methyl sites for hydroxylation is 2. The molecule has 9 heteroatoms. The number of rotatable bonds is 3. The summed E-state index contributed by atoms with van der Waals surface area (Å²) in [6.45, 7) is 3.62. The minimum Gasteiger partial charge on any atom is -0.443 e. The first-order valence-electron chi connectivity index (χ1n) is 6.84. The summed E-state index contributed by atoms with van der Waals surface area (Å²) in [5, 5.41) is 13.9. The third kappa shape index (κ3) is 2.67. The summed E-state index contributed by atoms with van der Waals surface area (Å²) in [6, 6.07) is 3.63. The molecule has 0 aliphatic heterocycles. The van der Waals surface area contributed by atoms with Crippen molar-refractivity contribution in [2.24, 2.45) is 0 Å². The van der Waals surface area contributed by atoms with Gasteiger partial charge >= 0.3 is 0 Å². The first kappa shape index (κ1) is 15.9. The van der Waals surface area contributed by atoms with Crippen LogP contribution in [-0.4, -0.2) is 20.8 Å². The van der Waals surface area contributed by atoms with Crippen molar-refractivity contribution in [3.05, 3.63) is 56.6 Å². The largest absolute Gasteiger partial charge is 0.443 e. The molecule has 0 spiro atoms. The van der Waals surface area contributed by atoms with E-state index in [4.69, 9.17) is 16.0 Å². The molecule has 0 fully saturated rings. The lowest BCUT2D eigenvalue weighted by Crippen LogP contribution is -2.14. The molecule has 24 heavy (non-hydrogen) atoms. The van der Waals surface area contributed by atoms with Gasteiger partial charge in [-0.2, -0.15) is 0 Å². The Bertz CT molecular complexity index is 983. The molecule has 0 bridgehead atoms. The number of benzene rings is 1. The van der Waals surface area contributed by atoms with Crippen LogP contribution in [0.15, 0.2) is 28.9 Å². The molecule has 0 unspecified atom stereocenters. The first-order chi connectivity index (χ1) is 11.4. The van der Waals surface area contributed by atoms with Crippen LogP contribution in [0.4, 0.5) is 11.5 Å². The van der Waals surface area contributed by atoms with E-state index in [1.165, 1.54) is 18.5 Å². The zero-order chi connectivity index (χ0) is 17.4. The highest BCUT2D eigenvalue weighted by Crippen LogP contribution is 2.29. The molecule has 0 saturated heterocycles. The Balaban J connectivity index is 1.97. The van der Waals surface area contributed by atoms with Gasteiger partial charge in [-0.05, 0) is 19.9 Å². The van der Waals surface area contributed by atoms with Crippen LogP contribution in [0, 0.1) is 24.0 Å². The highest BCUT2D eigenvalue weighted by atomic mass is 35.5. The number of aromatic nitrogens is 2. The molecule has 3 aromatic rings. The number of non-ortho nitro benzene ring substituents is 1. The zero-order valence-corrected chi connectivity index (χ0v) is 13.4. The van der Waals surface area contributed by atoms with Gasteiger partial charge in [0.2, 0.25) is 5.71 Å². The summed E-state index contributed by atoms with van der Waals surface area (Å²) < 4.78 is 5.49. The van der Waals surface area contributed by atoms with Gasteiger partial charge in [0.25, 0.3) is 11.6 Å². The van der Waals surface area contributed by atoms with Gasteiger partial charge in [0, 0.05) is 17.7 Å². The summed E-state index contributed by atoms with van der Waals surface area (Å²) in [4.78, 5) is 30.7. The average Bonchev–Trinajstić information content (AvgIpc) is 2.82. The van der Waals surface area contributed by atoms with E-state index in [9.17, 15) is 14.9 Å². The van der Waals surface area contributed by atoms with E-state index in [1.54, 1.807) is 6.92 Å². The number of nitrogens with one attached hydrogen (secondary N) is 1. The van der Waals surface area contributed by atoms with Gasteiger partial charge in [-0.3, -0.25) is 14.9 Å². The Morgan fingerprint density at radius 3 is 2.75 bits per heavy atom. The van der Waals surface area contributed by atoms with Crippen molar-refractivity contribution in [2.45, 2.75) is 13.8 Å². The van der Waals surface area contributed by atoms with Crippen LogP contribution in [0.5, 0.6) is 0 Å². The Kier molecular flexibility index (Phi) is 3.90. The number of furan rings is 1. The number of nitro benzene ring substituents is 1. The third-order valence-corrected chi connectivity index (χ3v) is 3.92. The number of halogens is 1. The highest BCUT2D eigenvalue weighted by molar-refractivity contribution is 6.34. The number of nitro groups is 1. The van der Waals surface area contributed by atoms with E-state index >= 15 is 0 Å². The summed E-state index contributed by atoms with van der Waals surface area (Å²) in [7, 11) is 0. The second kappa shape index (κ2) is 5.89. The average molecular weight is 347 g/mol.